The number of aliphatic carboxylic acids is 1. The Morgan fingerprint density at radius 3 is 2.11 bits per heavy atom. The van der Waals surface area contributed by atoms with Crippen LogP contribution in [0.4, 0.5) is 0 Å². The van der Waals surface area contributed by atoms with Crippen molar-refractivity contribution < 1.29 is 19.5 Å². The molecule has 0 spiro atoms. The molecule has 4 N–H and O–H groups in total. The summed E-state index contributed by atoms with van der Waals surface area (Å²) in [7, 11) is 0. The third-order valence-electron chi connectivity index (χ3n) is 3.03. The highest BCUT2D eigenvalue weighted by atomic mass is 16.4. The van der Waals surface area contributed by atoms with E-state index in [1.54, 1.807) is 27.7 Å². The number of carbonyl (C=O) groups is 3. The molecule has 0 rings (SSSR count). The second-order valence-corrected chi connectivity index (χ2v) is 5.63. The first-order chi connectivity index (χ1) is 8.63. The number of amides is 1. The summed E-state index contributed by atoms with van der Waals surface area (Å²) in [5, 5.41) is 11.4. The Balaban J connectivity index is 4.91. The largest absolute Gasteiger partial charge is 0.481 e. The highest BCUT2D eigenvalue weighted by Gasteiger charge is 2.34. The summed E-state index contributed by atoms with van der Waals surface area (Å²) >= 11 is 0. The molecule has 0 aromatic rings. The van der Waals surface area contributed by atoms with Gasteiger partial charge in [0.2, 0.25) is 5.91 Å². The Bertz CT molecular complexity index is 347. The summed E-state index contributed by atoms with van der Waals surface area (Å²) in [4.78, 5) is 34.5. The fraction of sp³-hybridized carbons (Fsp3) is 0.769. The summed E-state index contributed by atoms with van der Waals surface area (Å²) in [5.41, 5.74) is 4.95. The number of carboxylic acid groups (broad SMARTS) is 1. The van der Waals surface area contributed by atoms with Crippen molar-refractivity contribution in [1.29, 1.82) is 0 Å². The van der Waals surface area contributed by atoms with E-state index in [1.165, 1.54) is 0 Å². The lowest BCUT2D eigenvalue weighted by Crippen LogP contribution is -2.50. The molecule has 1 unspecified atom stereocenters. The number of carboxylic acids is 1. The van der Waals surface area contributed by atoms with E-state index in [1.807, 2.05) is 0 Å². The first kappa shape index (κ1) is 17.6. The summed E-state index contributed by atoms with van der Waals surface area (Å²) in [6.07, 6.45) is 0.00814. The Morgan fingerprint density at radius 1 is 1.26 bits per heavy atom. The Kier molecular flexibility index (Phi) is 6.69. The van der Waals surface area contributed by atoms with Gasteiger partial charge in [-0.1, -0.05) is 27.7 Å². The molecule has 0 aliphatic heterocycles. The molecular weight excluding hydrogens is 248 g/mol. The average Bonchev–Trinajstić information content (AvgIpc) is 2.30. The van der Waals surface area contributed by atoms with E-state index in [-0.39, 0.29) is 25.2 Å². The number of nitrogens with one attached hydrogen (secondary N) is 1. The fourth-order valence-electron chi connectivity index (χ4n) is 1.76. The quantitative estimate of drug-likeness (QED) is 0.627. The number of ketones is 1. The van der Waals surface area contributed by atoms with Crippen molar-refractivity contribution in [1.82, 2.24) is 5.32 Å². The van der Waals surface area contributed by atoms with Crippen LogP contribution in [-0.2, 0) is 14.4 Å². The van der Waals surface area contributed by atoms with Crippen molar-refractivity contribution in [3.8, 4) is 0 Å². The molecule has 0 saturated carbocycles. The number of rotatable bonds is 7. The first-order valence-corrected chi connectivity index (χ1v) is 6.38. The summed E-state index contributed by atoms with van der Waals surface area (Å²) in [6, 6.07) is -0.740. The van der Waals surface area contributed by atoms with Crippen LogP contribution in [0.5, 0.6) is 0 Å². The molecule has 0 saturated heterocycles. The van der Waals surface area contributed by atoms with Gasteiger partial charge in [-0.2, -0.15) is 0 Å². The summed E-state index contributed by atoms with van der Waals surface area (Å²) in [6.45, 7) is 7.08. The molecule has 0 aromatic heterocycles. The van der Waals surface area contributed by atoms with Crippen LogP contribution in [-0.4, -0.2) is 35.4 Å². The molecule has 2 atom stereocenters. The van der Waals surface area contributed by atoms with Crippen LogP contribution in [0.15, 0.2) is 0 Å². The fourth-order valence-corrected chi connectivity index (χ4v) is 1.76. The van der Waals surface area contributed by atoms with Gasteiger partial charge in [-0.3, -0.25) is 14.4 Å². The normalized spacial score (nSPS) is 14.6. The van der Waals surface area contributed by atoms with E-state index < -0.39 is 29.3 Å². The van der Waals surface area contributed by atoms with Crippen molar-refractivity contribution in [2.75, 3.05) is 6.54 Å². The van der Waals surface area contributed by atoms with E-state index >= 15 is 0 Å². The van der Waals surface area contributed by atoms with Crippen LogP contribution >= 0.6 is 0 Å². The van der Waals surface area contributed by atoms with Gasteiger partial charge in [0.1, 0.15) is 0 Å². The van der Waals surface area contributed by atoms with Gasteiger partial charge in [0.05, 0.1) is 18.4 Å². The van der Waals surface area contributed by atoms with E-state index in [4.69, 9.17) is 10.8 Å². The second kappa shape index (κ2) is 7.23. The van der Waals surface area contributed by atoms with Gasteiger partial charge in [0.15, 0.2) is 5.78 Å². The predicted molar refractivity (Wildman–Crippen MR) is 71.5 cm³/mol. The molecule has 19 heavy (non-hydrogen) atoms. The minimum atomic E-state index is -1.04. The molecule has 6 nitrogen and oxygen atoms in total. The minimum Gasteiger partial charge on any atom is -0.481 e. The van der Waals surface area contributed by atoms with Gasteiger partial charge >= 0.3 is 5.97 Å². The van der Waals surface area contributed by atoms with Gasteiger partial charge in [-0.05, 0) is 5.41 Å². The van der Waals surface area contributed by atoms with Crippen molar-refractivity contribution in [3.05, 3.63) is 0 Å². The van der Waals surface area contributed by atoms with Crippen LogP contribution in [0.3, 0.4) is 0 Å². The molecule has 0 heterocycles. The number of Topliss-reactive ketones (excluding diaryl/α,β-unsaturated/α-hetero) is 1. The smallest absolute Gasteiger partial charge is 0.304 e. The lowest BCUT2D eigenvalue weighted by Gasteiger charge is -2.29. The topological polar surface area (TPSA) is 109 Å². The SMILES string of the molecule is CCC(=O)[C@H](CN)NC(=O)C(CC(=O)O)C(C)(C)C. The molecule has 0 aromatic carbocycles. The molecule has 1 amide bonds. The Labute approximate surface area is 113 Å². The molecule has 0 fully saturated rings. The summed E-state index contributed by atoms with van der Waals surface area (Å²) < 4.78 is 0. The third-order valence-corrected chi connectivity index (χ3v) is 3.03. The average molecular weight is 272 g/mol. The lowest BCUT2D eigenvalue weighted by molar-refractivity contribution is -0.143. The zero-order chi connectivity index (χ0) is 15.2. The Morgan fingerprint density at radius 2 is 1.79 bits per heavy atom. The van der Waals surface area contributed by atoms with Gasteiger partial charge in [0.25, 0.3) is 0 Å². The third kappa shape index (κ3) is 5.83. The van der Waals surface area contributed by atoms with Crippen LogP contribution < -0.4 is 11.1 Å². The standard InChI is InChI=1S/C13H24N2O4/c1-5-10(16)9(7-14)15-12(19)8(6-11(17)18)13(2,3)4/h8-9H,5-7,14H2,1-4H3,(H,15,19)(H,17,18)/t8?,9-/m0/s1. The van der Waals surface area contributed by atoms with E-state index in [9.17, 15) is 14.4 Å². The van der Waals surface area contributed by atoms with Crippen molar-refractivity contribution in [2.24, 2.45) is 17.1 Å². The van der Waals surface area contributed by atoms with Gasteiger partial charge in [0, 0.05) is 13.0 Å². The number of nitrogens with two attached hydrogens (primary N) is 1. The van der Waals surface area contributed by atoms with Crippen LogP contribution in [0.2, 0.25) is 0 Å². The first-order valence-electron chi connectivity index (χ1n) is 6.38. The highest BCUT2D eigenvalue weighted by Crippen LogP contribution is 2.29. The zero-order valence-corrected chi connectivity index (χ0v) is 12.0. The molecule has 0 aliphatic carbocycles. The van der Waals surface area contributed by atoms with Crippen molar-refractivity contribution in [3.63, 3.8) is 0 Å². The van der Waals surface area contributed by atoms with Crippen LogP contribution in [0.25, 0.3) is 0 Å². The zero-order valence-electron chi connectivity index (χ0n) is 12.0. The number of hydrogen-bond donors (Lipinski definition) is 3. The summed E-state index contributed by atoms with van der Waals surface area (Å²) in [5.74, 6) is -2.34. The monoisotopic (exact) mass is 272 g/mol. The number of hydrogen-bond acceptors (Lipinski definition) is 4. The molecule has 0 bridgehead atoms. The van der Waals surface area contributed by atoms with Crippen LogP contribution in [0, 0.1) is 11.3 Å². The Hall–Kier alpha value is -1.43. The van der Waals surface area contributed by atoms with Crippen molar-refractivity contribution >= 4 is 17.7 Å². The molecule has 0 aliphatic rings. The van der Waals surface area contributed by atoms with Gasteiger partial charge in [-0.15, -0.1) is 0 Å². The van der Waals surface area contributed by atoms with Crippen molar-refractivity contribution in [2.45, 2.75) is 46.6 Å². The minimum absolute atomic E-state index is 0.0162. The van der Waals surface area contributed by atoms with Gasteiger partial charge < -0.3 is 16.2 Å². The maximum absolute atomic E-state index is 12.1. The van der Waals surface area contributed by atoms with E-state index in [0.717, 1.165) is 0 Å². The molecule has 110 valence electrons. The molecule has 0 radical (unpaired) electrons. The maximum atomic E-state index is 12.1. The van der Waals surface area contributed by atoms with E-state index in [2.05, 4.69) is 5.32 Å². The predicted octanol–water partition coefficient (Wildman–Crippen LogP) is 0.546. The van der Waals surface area contributed by atoms with Crippen LogP contribution in [0.1, 0.15) is 40.5 Å². The van der Waals surface area contributed by atoms with Gasteiger partial charge in [-0.25, -0.2) is 0 Å². The molecular formula is C13H24N2O4. The van der Waals surface area contributed by atoms with E-state index in [0.29, 0.717) is 0 Å². The molecule has 6 heteroatoms. The second-order valence-electron chi connectivity index (χ2n) is 5.63. The number of carbonyl (C=O) groups excluding carboxylic acids is 2. The maximum Gasteiger partial charge on any atom is 0.304 e. The lowest BCUT2D eigenvalue weighted by atomic mass is 9.78. The highest BCUT2D eigenvalue weighted by molar-refractivity contribution is 5.91.